The normalized spacial score (nSPS) is 22.8. The van der Waals surface area contributed by atoms with Crippen LogP contribution in [0.1, 0.15) is 73.7 Å². The lowest BCUT2D eigenvalue weighted by molar-refractivity contribution is -0.137. The number of aryl methyl sites for hydroxylation is 1. The van der Waals surface area contributed by atoms with Gasteiger partial charge < -0.3 is 19.7 Å². The monoisotopic (exact) mass is 490 g/mol. The van der Waals surface area contributed by atoms with Gasteiger partial charge in [-0.2, -0.15) is 0 Å². The zero-order valence-electron chi connectivity index (χ0n) is 21.5. The Morgan fingerprint density at radius 3 is 2.69 bits per heavy atom. The molecule has 0 unspecified atom stereocenters. The third kappa shape index (κ3) is 5.44. The summed E-state index contributed by atoms with van der Waals surface area (Å²) >= 11 is 0. The van der Waals surface area contributed by atoms with Gasteiger partial charge in [-0.1, -0.05) is 48.7 Å². The molecule has 0 radical (unpaired) electrons. The molecule has 0 spiro atoms. The first-order valence-electron chi connectivity index (χ1n) is 13.6. The Bertz CT molecular complexity index is 1090. The van der Waals surface area contributed by atoms with Crippen molar-refractivity contribution in [2.45, 2.75) is 77.0 Å². The quantitative estimate of drug-likeness (QED) is 0.610. The van der Waals surface area contributed by atoms with E-state index in [0.29, 0.717) is 12.3 Å². The SMILES string of the molecule is Cc1cccc([C@@H]2c3cc(O[C@@H](C)C(=O)NC[C@H]4CCCO4)ccc3CCN2C(=O)C2CCCC2)c1. The van der Waals surface area contributed by atoms with Gasteiger partial charge in [0.1, 0.15) is 5.75 Å². The van der Waals surface area contributed by atoms with Gasteiger partial charge in [0.2, 0.25) is 5.91 Å². The van der Waals surface area contributed by atoms with Gasteiger partial charge in [0, 0.05) is 25.6 Å². The molecule has 1 N–H and O–H groups in total. The predicted molar refractivity (Wildman–Crippen MR) is 139 cm³/mol. The fourth-order valence-electron chi connectivity index (χ4n) is 5.93. The van der Waals surface area contributed by atoms with Crippen LogP contribution in [0.4, 0.5) is 0 Å². The fraction of sp³-hybridized carbons (Fsp3) is 0.533. The standard InChI is InChI=1S/C30H38N2O4/c1-20-7-5-10-24(17-20)28-27-18-25(36-21(2)29(33)31-19-26-11-6-16-35-26)13-12-22(27)14-15-32(28)30(34)23-8-3-4-9-23/h5,7,10,12-13,17-18,21,23,26,28H,3-4,6,8-9,11,14-16,19H2,1-2H3,(H,31,33)/t21-,26+,28+/m0/s1. The maximum absolute atomic E-state index is 13.6. The van der Waals surface area contributed by atoms with Crippen LogP contribution >= 0.6 is 0 Å². The van der Waals surface area contributed by atoms with Crippen LogP contribution < -0.4 is 10.1 Å². The Morgan fingerprint density at radius 2 is 1.94 bits per heavy atom. The zero-order valence-corrected chi connectivity index (χ0v) is 21.5. The summed E-state index contributed by atoms with van der Waals surface area (Å²) in [5.74, 6) is 0.918. The smallest absolute Gasteiger partial charge is 0.260 e. The molecule has 192 valence electrons. The van der Waals surface area contributed by atoms with Gasteiger partial charge in [-0.05, 0) is 74.8 Å². The summed E-state index contributed by atoms with van der Waals surface area (Å²) in [4.78, 5) is 28.4. The van der Waals surface area contributed by atoms with Crippen molar-refractivity contribution in [3.63, 3.8) is 0 Å². The van der Waals surface area contributed by atoms with Crippen LogP contribution in [0.2, 0.25) is 0 Å². The Balaban J connectivity index is 1.38. The number of ether oxygens (including phenoxy) is 2. The van der Waals surface area contributed by atoms with Gasteiger partial charge in [-0.15, -0.1) is 0 Å². The van der Waals surface area contributed by atoms with E-state index in [1.54, 1.807) is 6.92 Å². The lowest BCUT2D eigenvalue weighted by Crippen LogP contribution is -2.43. The molecule has 3 atom stereocenters. The molecule has 2 aliphatic heterocycles. The van der Waals surface area contributed by atoms with E-state index >= 15 is 0 Å². The van der Waals surface area contributed by atoms with E-state index in [-0.39, 0.29) is 29.9 Å². The van der Waals surface area contributed by atoms with Crippen molar-refractivity contribution in [2.75, 3.05) is 19.7 Å². The van der Waals surface area contributed by atoms with Crippen molar-refractivity contribution in [2.24, 2.45) is 5.92 Å². The maximum atomic E-state index is 13.6. The van der Waals surface area contributed by atoms with Crippen molar-refractivity contribution in [1.29, 1.82) is 0 Å². The largest absolute Gasteiger partial charge is 0.481 e. The molecule has 0 bridgehead atoms. The Hall–Kier alpha value is -2.86. The first kappa shape index (κ1) is 24.8. The fourth-order valence-corrected chi connectivity index (χ4v) is 5.93. The van der Waals surface area contributed by atoms with Crippen LogP contribution in [-0.2, 0) is 20.7 Å². The van der Waals surface area contributed by atoms with E-state index in [9.17, 15) is 9.59 Å². The summed E-state index contributed by atoms with van der Waals surface area (Å²) in [5.41, 5.74) is 4.64. The molecule has 0 aromatic heterocycles. The number of rotatable bonds is 7. The summed E-state index contributed by atoms with van der Waals surface area (Å²) in [6.07, 6.45) is 6.59. The topological polar surface area (TPSA) is 67.9 Å². The summed E-state index contributed by atoms with van der Waals surface area (Å²) in [7, 11) is 0. The highest BCUT2D eigenvalue weighted by Crippen LogP contribution is 2.40. The van der Waals surface area contributed by atoms with Crippen LogP contribution in [0.5, 0.6) is 5.75 Å². The summed E-state index contributed by atoms with van der Waals surface area (Å²) in [6, 6.07) is 14.4. The van der Waals surface area contributed by atoms with Crippen molar-refractivity contribution < 1.29 is 19.1 Å². The molecule has 2 fully saturated rings. The minimum atomic E-state index is -0.623. The maximum Gasteiger partial charge on any atom is 0.260 e. The lowest BCUT2D eigenvalue weighted by Gasteiger charge is -2.39. The van der Waals surface area contributed by atoms with Gasteiger partial charge in [0.25, 0.3) is 5.91 Å². The molecule has 6 heteroatoms. The molecule has 1 aliphatic carbocycles. The summed E-state index contributed by atoms with van der Waals surface area (Å²) in [6.45, 7) is 5.88. The van der Waals surface area contributed by atoms with Gasteiger partial charge in [-0.25, -0.2) is 0 Å². The molecule has 36 heavy (non-hydrogen) atoms. The third-order valence-corrected chi connectivity index (χ3v) is 7.90. The highest BCUT2D eigenvalue weighted by molar-refractivity contribution is 5.81. The highest BCUT2D eigenvalue weighted by Gasteiger charge is 2.36. The average Bonchev–Trinajstić information content (AvgIpc) is 3.61. The molecular weight excluding hydrogens is 452 g/mol. The van der Waals surface area contributed by atoms with Gasteiger partial charge >= 0.3 is 0 Å². The van der Waals surface area contributed by atoms with E-state index in [2.05, 4.69) is 47.5 Å². The van der Waals surface area contributed by atoms with Crippen molar-refractivity contribution >= 4 is 11.8 Å². The Morgan fingerprint density at radius 1 is 1.11 bits per heavy atom. The second-order valence-corrected chi connectivity index (χ2v) is 10.6. The van der Waals surface area contributed by atoms with Gasteiger partial charge in [0.15, 0.2) is 6.10 Å². The number of hydrogen-bond donors (Lipinski definition) is 1. The van der Waals surface area contributed by atoms with Crippen LogP contribution in [0.3, 0.4) is 0 Å². The van der Waals surface area contributed by atoms with E-state index in [1.807, 2.05) is 12.1 Å². The number of carbonyl (C=O) groups is 2. The summed E-state index contributed by atoms with van der Waals surface area (Å²) < 4.78 is 11.7. The average molecular weight is 491 g/mol. The van der Waals surface area contributed by atoms with Crippen LogP contribution in [0.15, 0.2) is 42.5 Å². The van der Waals surface area contributed by atoms with Crippen LogP contribution in [-0.4, -0.2) is 48.6 Å². The molecule has 2 heterocycles. The van der Waals surface area contributed by atoms with Gasteiger partial charge in [0.05, 0.1) is 12.1 Å². The molecule has 1 saturated carbocycles. The highest BCUT2D eigenvalue weighted by atomic mass is 16.5. The van der Waals surface area contributed by atoms with Crippen LogP contribution in [0.25, 0.3) is 0 Å². The predicted octanol–water partition coefficient (Wildman–Crippen LogP) is 4.72. The van der Waals surface area contributed by atoms with E-state index in [0.717, 1.165) is 69.2 Å². The Labute approximate surface area is 214 Å². The first-order valence-corrected chi connectivity index (χ1v) is 13.6. The van der Waals surface area contributed by atoms with E-state index in [4.69, 9.17) is 9.47 Å². The van der Waals surface area contributed by atoms with E-state index < -0.39 is 6.10 Å². The van der Waals surface area contributed by atoms with Crippen molar-refractivity contribution in [1.82, 2.24) is 10.2 Å². The lowest BCUT2D eigenvalue weighted by atomic mass is 9.86. The van der Waals surface area contributed by atoms with Crippen molar-refractivity contribution in [3.8, 4) is 5.75 Å². The second-order valence-electron chi connectivity index (χ2n) is 10.6. The molecule has 2 aromatic rings. The van der Waals surface area contributed by atoms with Crippen LogP contribution in [0, 0.1) is 12.8 Å². The molecule has 5 rings (SSSR count). The number of fused-ring (bicyclic) bond motifs is 1. The molecule has 2 aromatic carbocycles. The Kier molecular flexibility index (Phi) is 7.61. The number of nitrogens with zero attached hydrogens (tertiary/aromatic N) is 1. The molecular formula is C30H38N2O4. The number of benzene rings is 2. The second kappa shape index (κ2) is 11.0. The molecule has 3 aliphatic rings. The molecule has 2 amide bonds. The number of hydrogen-bond acceptors (Lipinski definition) is 4. The van der Waals surface area contributed by atoms with Gasteiger partial charge in [-0.3, -0.25) is 9.59 Å². The molecule has 1 saturated heterocycles. The third-order valence-electron chi connectivity index (χ3n) is 7.90. The minimum Gasteiger partial charge on any atom is -0.481 e. The van der Waals surface area contributed by atoms with E-state index in [1.165, 1.54) is 11.1 Å². The number of carbonyl (C=O) groups excluding carboxylic acids is 2. The first-order chi connectivity index (χ1) is 17.5. The number of nitrogens with one attached hydrogen (secondary N) is 1. The minimum absolute atomic E-state index is 0.100. The van der Waals surface area contributed by atoms with Crippen molar-refractivity contribution in [3.05, 3.63) is 64.7 Å². The zero-order chi connectivity index (χ0) is 25.1. The number of amides is 2. The summed E-state index contributed by atoms with van der Waals surface area (Å²) in [5, 5.41) is 2.96. The molecule has 6 nitrogen and oxygen atoms in total.